The molecule has 1 unspecified atom stereocenters. The van der Waals surface area contributed by atoms with Gasteiger partial charge in [0.15, 0.2) is 0 Å². The van der Waals surface area contributed by atoms with Crippen LogP contribution in [0, 0.1) is 0 Å². The van der Waals surface area contributed by atoms with Gasteiger partial charge in [-0.25, -0.2) is 0 Å². The predicted molar refractivity (Wildman–Crippen MR) is 32.9 cm³/mol. The summed E-state index contributed by atoms with van der Waals surface area (Å²) in [6, 6.07) is 0. The normalized spacial score (nSPS) is 34.5. The zero-order valence-electron chi connectivity index (χ0n) is 3.28. The van der Waals surface area contributed by atoms with Crippen LogP contribution < -0.4 is 4.72 Å². The summed E-state index contributed by atoms with van der Waals surface area (Å²) >= 11 is 5.20. The molecule has 3 heteroatoms. The molecule has 6 heavy (non-hydrogen) atoms. The molecule has 1 N–H and O–H groups in total. The van der Waals surface area contributed by atoms with Crippen molar-refractivity contribution in [3.8, 4) is 0 Å². The summed E-state index contributed by atoms with van der Waals surface area (Å²) in [5, 5.41) is 0. The Hall–Kier alpha value is 0.790. The van der Waals surface area contributed by atoms with E-state index in [0.717, 1.165) is 6.54 Å². The maximum absolute atomic E-state index is 3.44. The first kappa shape index (κ1) is 4.94. The molecule has 1 aliphatic heterocycles. The molecule has 0 amide bonds. The van der Waals surface area contributed by atoms with Crippen molar-refractivity contribution < 1.29 is 0 Å². The smallest absolute Gasteiger partial charge is 0.0757 e. The molecule has 0 aromatic heterocycles. The Morgan fingerprint density at radius 1 is 1.83 bits per heavy atom. The van der Waals surface area contributed by atoms with Crippen LogP contribution in [-0.4, -0.2) is 10.7 Å². The maximum Gasteiger partial charge on any atom is 0.0757 e. The van der Waals surface area contributed by atoms with E-state index in [0.29, 0.717) is 4.16 Å². The first-order valence-electron chi connectivity index (χ1n) is 1.92. The Bertz CT molecular complexity index is 44.1. The average Bonchev–Trinajstić information content (AvgIpc) is 1.86. The van der Waals surface area contributed by atoms with Gasteiger partial charge in [0.1, 0.15) is 0 Å². The molecule has 0 aromatic rings. The summed E-state index contributed by atoms with van der Waals surface area (Å²) in [5.41, 5.74) is 0. The summed E-state index contributed by atoms with van der Waals surface area (Å²) in [6.45, 7) is 1.15. The molecule has 1 rings (SSSR count). The van der Waals surface area contributed by atoms with Crippen molar-refractivity contribution in [3.05, 3.63) is 0 Å². The highest BCUT2D eigenvalue weighted by atomic mass is 79.9. The molecule has 0 aromatic carbocycles. The van der Waals surface area contributed by atoms with E-state index >= 15 is 0 Å². The molecule has 0 aliphatic carbocycles. The number of halogens is 1. The second-order valence-electron chi connectivity index (χ2n) is 1.21. The molecule has 1 fully saturated rings. The van der Waals surface area contributed by atoms with Crippen molar-refractivity contribution >= 4 is 27.9 Å². The Kier molecular flexibility index (Phi) is 1.80. The Morgan fingerprint density at radius 3 is 2.83 bits per heavy atom. The van der Waals surface area contributed by atoms with Crippen LogP contribution in [0.5, 0.6) is 0 Å². The van der Waals surface area contributed by atoms with Gasteiger partial charge in [-0.05, 0) is 6.42 Å². The van der Waals surface area contributed by atoms with Gasteiger partial charge in [-0.3, -0.25) is 4.72 Å². The second kappa shape index (κ2) is 2.19. The van der Waals surface area contributed by atoms with Crippen LogP contribution in [0.15, 0.2) is 0 Å². The lowest BCUT2D eigenvalue weighted by molar-refractivity contribution is 0.926. The summed E-state index contributed by atoms with van der Waals surface area (Å²) in [4.78, 5) is 0. The molecular formula is C3H6BrNS. The van der Waals surface area contributed by atoms with E-state index in [1.54, 1.807) is 11.9 Å². The quantitative estimate of drug-likeness (QED) is 0.432. The fourth-order valence-electron chi connectivity index (χ4n) is 0.381. The van der Waals surface area contributed by atoms with E-state index in [1.807, 2.05) is 0 Å². The van der Waals surface area contributed by atoms with Gasteiger partial charge < -0.3 is 0 Å². The lowest BCUT2D eigenvalue weighted by Crippen LogP contribution is -1.91. The van der Waals surface area contributed by atoms with Crippen LogP contribution in [0.4, 0.5) is 0 Å². The third-order valence-electron chi connectivity index (χ3n) is 0.685. The van der Waals surface area contributed by atoms with Crippen LogP contribution in [0.1, 0.15) is 6.42 Å². The number of alkyl halides is 1. The van der Waals surface area contributed by atoms with Gasteiger partial charge in [-0.1, -0.05) is 27.9 Å². The molecule has 0 radical (unpaired) electrons. The molecule has 0 saturated carbocycles. The highest BCUT2D eigenvalue weighted by Crippen LogP contribution is 2.22. The van der Waals surface area contributed by atoms with E-state index in [2.05, 4.69) is 20.7 Å². The highest BCUT2D eigenvalue weighted by molar-refractivity contribution is 9.11. The SMILES string of the molecule is BrC1CCNS1. The minimum absolute atomic E-state index is 0.664. The lowest BCUT2D eigenvalue weighted by Gasteiger charge is -1.87. The van der Waals surface area contributed by atoms with Crippen LogP contribution in [0.3, 0.4) is 0 Å². The van der Waals surface area contributed by atoms with Gasteiger partial charge >= 0.3 is 0 Å². The second-order valence-corrected chi connectivity index (χ2v) is 4.02. The van der Waals surface area contributed by atoms with E-state index in [4.69, 9.17) is 0 Å². The fourth-order valence-corrected chi connectivity index (χ4v) is 1.66. The van der Waals surface area contributed by atoms with E-state index in [-0.39, 0.29) is 0 Å². The van der Waals surface area contributed by atoms with Gasteiger partial charge in [0.25, 0.3) is 0 Å². The fraction of sp³-hybridized carbons (Fsp3) is 1.00. The number of nitrogens with one attached hydrogen (secondary N) is 1. The zero-order chi connectivity index (χ0) is 4.41. The minimum atomic E-state index is 0.664. The van der Waals surface area contributed by atoms with Crippen LogP contribution >= 0.6 is 27.9 Å². The maximum atomic E-state index is 3.44. The third-order valence-corrected chi connectivity index (χ3v) is 2.57. The van der Waals surface area contributed by atoms with E-state index in [1.165, 1.54) is 6.42 Å². The predicted octanol–water partition coefficient (Wildman–Crippen LogP) is 1.35. The van der Waals surface area contributed by atoms with Crippen molar-refractivity contribution in [1.82, 2.24) is 4.72 Å². The molecule has 1 aliphatic rings. The van der Waals surface area contributed by atoms with Crippen molar-refractivity contribution in [1.29, 1.82) is 0 Å². The van der Waals surface area contributed by atoms with Crippen molar-refractivity contribution in [3.63, 3.8) is 0 Å². The molecule has 1 nitrogen and oxygen atoms in total. The van der Waals surface area contributed by atoms with Gasteiger partial charge in [0, 0.05) is 6.54 Å². The molecular weight excluding hydrogens is 162 g/mol. The van der Waals surface area contributed by atoms with Crippen molar-refractivity contribution in [2.75, 3.05) is 6.54 Å². The zero-order valence-corrected chi connectivity index (χ0v) is 5.68. The Balaban J connectivity index is 2.18. The van der Waals surface area contributed by atoms with Crippen LogP contribution in [0.25, 0.3) is 0 Å². The van der Waals surface area contributed by atoms with Gasteiger partial charge in [0.2, 0.25) is 0 Å². The van der Waals surface area contributed by atoms with Crippen molar-refractivity contribution in [2.24, 2.45) is 0 Å². The molecule has 0 spiro atoms. The Labute approximate surface area is 50.1 Å². The average molecular weight is 168 g/mol. The molecule has 1 heterocycles. The van der Waals surface area contributed by atoms with Crippen LogP contribution in [0.2, 0.25) is 0 Å². The van der Waals surface area contributed by atoms with Gasteiger partial charge in [-0.15, -0.1) is 0 Å². The Morgan fingerprint density at radius 2 is 2.67 bits per heavy atom. The summed E-state index contributed by atoms with van der Waals surface area (Å²) in [5.74, 6) is 0. The number of hydrogen-bond donors (Lipinski definition) is 1. The van der Waals surface area contributed by atoms with Crippen LogP contribution in [-0.2, 0) is 0 Å². The summed E-state index contributed by atoms with van der Waals surface area (Å²) < 4.78 is 3.81. The van der Waals surface area contributed by atoms with E-state index in [9.17, 15) is 0 Å². The van der Waals surface area contributed by atoms with Gasteiger partial charge in [-0.2, -0.15) is 0 Å². The third kappa shape index (κ3) is 1.13. The topological polar surface area (TPSA) is 12.0 Å². The summed E-state index contributed by atoms with van der Waals surface area (Å²) in [7, 11) is 0. The molecule has 1 saturated heterocycles. The molecule has 1 atom stereocenters. The van der Waals surface area contributed by atoms with Crippen molar-refractivity contribution in [2.45, 2.75) is 10.6 Å². The lowest BCUT2D eigenvalue weighted by atomic mass is 10.5. The highest BCUT2D eigenvalue weighted by Gasteiger charge is 2.09. The number of hydrogen-bond acceptors (Lipinski definition) is 2. The van der Waals surface area contributed by atoms with Gasteiger partial charge in [0.05, 0.1) is 4.16 Å². The largest absolute Gasteiger partial charge is 0.263 e. The number of rotatable bonds is 0. The first-order valence-corrected chi connectivity index (χ1v) is 3.72. The molecule has 36 valence electrons. The monoisotopic (exact) mass is 167 g/mol. The standard InChI is InChI=1S/C3H6BrNS/c4-3-1-2-5-6-3/h3,5H,1-2H2. The van der Waals surface area contributed by atoms with E-state index < -0.39 is 0 Å². The summed E-state index contributed by atoms with van der Waals surface area (Å²) in [6.07, 6.45) is 1.25. The minimum Gasteiger partial charge on any atom is -0.263 e. The first-order chi connectivity index (χ1) is 2.89. The molecule has 0 bridgehead atoms.